The molecule has 2 aromatic heterocycles. The highest BCUT2D eigenvalue weighted by molar-refractivity contribution is 6.00. The van der Waals surface area contributed by atoms with Crippen molar-refractivity contribution in [3.05, 3.63) is 71.6 Å². The molecule has 180 valence electrons. The second-order valence-corrected chi connectivity index (χ2v) is 8.89. The molecule has 1 N–H and O–H groups in total. The van der Waals surface area contributed by atoms with E-state index in [4.69, 9.17) is 4.42 Å². The van der Waals surface area contributed by atoms with Gasteiger partial charge in [-0.15, -0.1) is 0 Å². The number of benzene rings is 2. The Labute approximate surface area is 201 Å². The molecule has 7 nitrogen and oxygen atoms in total. The molecule has 2 atom stereocenters. The van der Waals surface area contributed by atoms with E-state index in [0.29, 0.717) is 29.8 Å². The summed E-state index contributed by atoms with van der Waals surface area (Å²) in [6.45, 7) is 4.66. The lowest BCUT2D eigenvalue weighted by Crippen LogP contribution is -2.51. The second-order valence-electron chi connectivity index (χ2n) is 8.89. The Hall–Kier alpha value is -3.88. The van der Waals surface area contributed by atoms with Gasteiger partial charge in [0.25, 0.3) is 11.9 Å². The van der Waals surface area contributed by atoms with Crippen molar-refractivity contribution in [1.82, 2.24) is 19.9 Å². The summed E-state index contributed by atoms with van der Waals surface area (Å²) in [5, 5.41) is 3.16. The molecule has 5 rings (SSSR count). The molecule has 4 aromatic rings. The van der Waals surface area contributed by atoms with E-state index >= 15 is 4.39 Å². The summed E-state index contributed by atoms with van der Waals surface area (Å²) in [6.07, 6.45) is 4.85. The number of hydrogen-bond donors (Lipinski definition) is 1. The molecule has 1 aliphatic heterocycles. The normalized spacial score (nSPS) is 18.1. The van der Waals surface area contributed by atoms with E-state index in [0.717, 1.165) is 12.8 Å². The van der Waals surface area contributed by atoms with Gasteiger partial charge in [0.1, 0.15) is 17.2 Å². The number of amides is 1. The lowest BCUT2D eigenvalue weighted by atomic mass is 9.89. The Morgan fingerprint density at radius 3 is 2.80 bits per heavy atom. The number of aryl methyl sites for hydroxylation is 1. The monoisotopic (exact) mass is 477 g/mol. The van der Waals surface area contributed by atoms with Crippen LogP contribution in [-0.4, -0.2) is 44.9 Å². The Kier molecular flexibility index (Phi) is 6.15. The van der Waals surface area contributed by atoms with E-state index in [-0.39, 0.29) is 40.8 Å². The molecular formula is C26H25F2N5O2. The largest absolute Gasteiger partial charge is 0.424 e. The number of halogens is 2. The van der Waals surface area contributed by atoms with Gasteiger partial charge >= 0.3 is 0 Å². The minimum Gasteiger partial charge on any atom is -0.424 e. The first-order valence-corrected chi connectivity index (χ1v) is 11.6. The SMILES string of the molecule is Cc1ccc(C(=O)N2CCCC(C)C2CNc2nc3cc(F)ccc3o2)c(-c2ncccn2)c1F. The van der Waals surface area contributed by atoms with E-state index in [1.54, 1.807) is 30.0 Å². The number of piperidine rings is 1. The summed E-state index contributed by atoms with van der Waals surface area (Å²) in [7, 11) is 0. The van der Waals surface area contributed by atoms with Gasteiger partial charge in [-0.25, -0.2) is 18.7 Å². The van der Waals surface area contributed by atoms with Gasteiger partial charge in [-0.3, -0.25) is 4.79 Å². The summed E-state index contributed by atoms with van der Waals surface area (Å²) in [4.78, 5) is 28.3. The summed E-state index contributed by atoms with van der Waals surface area (Å²) >= 11 is 0. The van der Waals surface area contributed by atoms with Crippen LogP contribution in [0.4, 0.5) is 14.8 Å². The van der Waals surface area contributed by atoms with Gasteiger partial charge in [0.2, 0.25) is 0 Å². The molecule has 0 aliphatic carbocycles. The van der Waals surface area contributed by atoms with E-state index in [1.165, 1.54) is 30.6 Å². The number of carbonyl (C=O) groups is 1. The van der Waals surface area contributed by atoms with E-state index < -0.39 is 11.6 Å². The number of likely N-dealkylation sites (tertiary alicyclic amines) is 1. The Balaban J connectivity index is 1.44. The van der Waals surface area contributed by atoms with Crippen LogP contribution < -0.4 is 5.32 Å². The van der Waals surface area contributed by atoms with Gasteiger partial charge < -0.3 is 14.6 Å². The van der Waals surface area contributed by atoms with Crippen molar-refractivity contribution in [2.75, 3.05) is 18.4 Å². The van der Waals surface area contributed by atoms with Gasteiger partial charge in [0.15, 0.2) is 11.4 Å². The molecule has 0 saturated carbocycles. The van der Waals surface area contributed by atoms with Gasteiger partial charge in [-0.2, -0.15) is 4.98 Å². The van der Waals surface area contributed by atoms with Gasteiger partial charge in [-0.05, 0) is 55.5 Å². The van der Waals surface area contributed by atoms with E-state index in [2.05, 4.69) is 27.2 Å². The van der Waals surface area contributed by atoms with Crippen LogP contribution in [-0.2, 0) is 0 Å². The van der Waals surface area contributed by atoms with Gasteiger partial charge in [-0.1, -0.05) is 13.0 Å². The quantitative estimate of drug-likeness (QED) is 0.424. The zero-order chi connectivity index (χ0) is 24.5. The number of nitrogens with zero attached hydrogens (tertiary/aromatic N) is 4. The Morgan fingerprint density at radius 1 is 1.20 bits per heavy atom. The summed E-state index contributed by atoms with van der Waals surface area (Å²) in [5.41, 5.74) is 1.65. The maximum atomic E-state index is 15.2. The van der Waals surface area contributed by atoms with Crippen molar-refractivity contribution in [2.24, 2.45) is 5.92 Å². The fourth-order valence-electron chi connectivity index (χ4n) is 4.64. The fraction of sp³-hybridized carbons (Fsp3) is 0.308. The predicted molar refractivity (Wildman–Crippen MR) is 128 cm³/mol. The average molecular weight is 478 g/mol. The smallest absolute Gasteiger partial charge is 0.295 e. The zero-order valence-electron chi connectivity index (χ0n) is 19.5. The first kappa shape index (κ1) is 22.9. The maximum Gasteiger partial charge on any atom is 0.295 e. The number of hydrogen-bond acceptors (Lipinski definition) is 6. The number of fused-ring (bicyclic) bond motifs is 1. The fourth-order valence-corrected chi connectivity index (χ4v) is 4.64. The van der Waals surface area contributed by atoms with Crippen LogP contribution in [0.15, 0.2) is 53.2 Å². The first-order chi connectivity index (χ1) is 16.9. The molecule has 0 bridgehead atoms. The minimum atomic E-state index is -0.500. The van der Waals surface area contributed by atoms with Crippen LogP contribution in [0.25, 0.3) is 22.5 Å². The van der Waals surface area contributed by atoms with Crippen molar-refractivity contribution in [3.63, 3.8) is 0 Å². The van der Waals surface area contributed by atoms with Gasteiger partial charge in [0, 0.05) is 31.5 Å². The highest BCUT2D eigenvalue weighted by Crippen LogP contribution is 2.31. The van der Waals surface area contributed by atoms with Crippen LogP contribution in [0.2, 0.25) is 0 Å². The van der Waals surface area contributed by atoms with E-state index in [9.17, 15) is 9.18 Å². The van der Waals surface area contributed by atoms with Crippen molar-refractivity contribution < 1.29 is 18.0 Å². The molecule has 9 heteroatoms. The van der Waals surface area contributed by atoms with Crippen molar-refractivity contribution >= 4 is 23.0 Å². The standard InChI is InChI=1S/C26H25F2N5O2/c1-15-5-3-12-33(20(15)14-31-26-32-19-13-17(27)7-9-21(19)35-26)25(34)18-8-6-16(2)23(28)22(18)24-29-10-4-11-30-24/h4,6-11,13,15,20H,3,5,12,14H2,1-2H3,(H,31,32). The first-order valence-electron chi connectivity index (χ1n) is 11.6. The van der Waals surface area contributed by atoms with Crippen molar-refractivity contribution in [3.8, 4) is 11.4 Å². The highest BCUT2D eigenvalue weighted by Gasteiger charge is 2.34. The van der Waals surface area contributed by atoms with Crippen LogP contribution in [0.3, 0.4) is 0 Å². The van der Waals surface area contributed by atoms with Crippen LogP contribution in [0.5, 0.6) is 0 Å². The second kappa shape index (κ2) is 9.40. The minimum absolute atomic E-state index is 0.113. The number of carbonyl (C=O) groups excluding carboxylic acids is 1. The van der Waals surface area contributed by atoms with E-state index in [1.807, 2.05) is 0 Å². The zero-order valence-corrected chi connectivity index (χ0v) is 19.5. The molecule has 0 radical (unpaired) electrons. The van der Waals surface area contributed by atoms with Crippen LogP contribution in [0, 0.1) is 24.5 Å². The maximum absolute atomic E-state index is 15.2. The van der Waals surface area contributed by atoms with Gasteiger partial charge in [0.05, 0.1) is 17.2 Å². The molecule has 1 aliphatic rings. The number of oxazole rings is 1. The highest BCUT2D eigenvalue weighted by atomic mass is 19.1. The molecular weight excluding hydrogens is 452 g/mol. The number of nitrogens with one attached hydrogen (secondary N) is 1. The molecule has 35 heavy (non-hydrogen) atoms. The topological polar surface area (TPSA) is 84.2 Å². The third-order valence-corrected chi connectivity index (χ3v) is 6.54. The number of anilines is 1. The van der Waals surface area contributed by atoms with Crippen LogP contribution >= 0.6 is 0 Å². The number of rotatable bonds is 5. The predicted octanol–water partition coefficient (Wildman–Crippen LogP) is 5.22. The molecule has 1 saturated heterocycles. The molecule has 1 amide bonds. The summed E-state index contributed by atoms with van der Waals surface area (Å²) < 4.78 is 34.4. The van der Waals surface area contributed by atoms with Crippen molar-refractivity contribution in [2.45, 2.75) is 32.7 Å². The third-order valence-electron chi connectivity index (χ3n) is 6.54. The molecule has 2 unspecified atom stereocenters. The van der Waals surface area contributed by atoms with Crippen molar-refractivity contribution in [1.29, 1.82) is 0 Å². The summed E-state index contributed by atoms with van der Waals surface area (Å²) in [6, 6.07) is 9.12. The molecule has 3 heterocycles. The third kappa shape index (κ3) is 4.45. The van der Waals surface area contributed by atoms with Crippen LogP contribution in [0.1, 0.15) is 35.7 Å². The lowest BCUT2D eigenvalue weighted by Gasteiger charge is -2.40. The Bertz CT molecular complexity index is 1380. The Morgan fingerprint density at radius 2 is 2.00 bits per heavy atom. The summed E-state index contributed by atoms with van der Waals surface area (Å²) in [5.74, 6) is -0.799. The molecule has 2 aromatic carbocycles. The number of aromatic nitrogens is 3. The molecule has 1 fully saturated rings. The lowest BCUT2D eigenvalue weighted by molar-refractivity contribution is 0.0539. The molecule has 0 spiro atoms. The average Bonchev–Trinajstić information content (AvgIpc) is 3.26.